The van der Waals surface area contributed by atoms with Crippen molar-refractivity contribution in [1.82, 2.24) is 0 Å². The van der Waals surface area contributed by atoms with Crippen molar-refractivity contribution in [3.63, 3.8) is 0 Å². The lowest BCUT2D eigenvalue weighted by atomic mass is 10.1. The molecule has 0 aromatic heterocycles. The lowest BCUT2D eigenvalue weighted by molar-refractivity contribution is 0.102. The van der Waals surface area contributed by atoms with Crippen LogP contribution in [0.2, 0.25) is 0 Å². The fourth-order valence-electron chi connectivity index (χ4n) is 2.03. The number of hydrogen-bond donors (Lipinski definition) is 2. The lowest BCUT2D eigenvalue weighted by Gasteiger charge is -2.15. The van der Waals surface area contributed by atoms with Crippen LogP contribution < -0.4 is 10.6 Å². The molecule has 2 rings (SSSR count). The molecule has 2 aromatic rings. The van der Waals surface area contributed by atoms with Gasteiger partial charge in [0.2, 0.25) is 0 Å². The number of anilines is 2. The molecule has 0 aliphatic carbocycles. The summed E-state index contributed by atoms with van der Waals surface area (Å²) >= 11 is 3.48. The molecule has 3 nitrogen and oxygen atoms in total. The number of amides is 1. The van der Waals surface area contributed by atoms with E-state index in [9.17, 15) is 4.79 Å². The molecule has 2 N–H and O–H groups in total. The first kappa shape index (κ1) is 15.6. The number of aryl methyl sites for hydroxylation is 1. The predicted octanol–water partition coefficient (Wildman–Crippen LogP) is 4.83. The second-order valence-corrected chi connectivity index (χ2v) is 6.14. The molecular weight excluding hydrogens is 328 g/mol. The summed E-state index contributed by atoms with van der Waals surface area (Å²) in [6.07, 6.45) is 0. The summed E-state index contributed by atoms with van der Waals surface area (Å²) in [6.45, 7) is 6.11. The third-order valence-corrected chi connectivity index (χ3v) is 3.64. The molecule has 0 fully saturated rings. The van der Waals surface area contributed by atoms with E-state index >= 15 is 0 Å². The van der Waals surface area contributed by atoms with Crippen LogP contribution in [-0.2, 0) is 0 Å². The van der Waals surface area contributed by atoms with Gasteiger partial charge in [0.15, 0.2) is 0 Å². The topological polar surface area (TPSA) is 41.1 Å². The van der Waals surface area contributed by atoms with Gasteiger partial charge in [0.25, 0.3) is 5.91 Å². The first-order chi connectivity index (χ1) is 9.97. The maximum absolute atomic E-state index is 12.5. The number of halogens is 1. The van der Waals surface area contributed by atoms with Crippen LogP contribution in [0, 0.1) is 6.92 Å². The number of nitrogens with one attached hydrogen (secondary N) is 2. The van der Waals surface area contributed by atoms with Crippen LogP contribution in [-0.4, -0.2) is 11.9 Å². The molecule has 0 aliphatic rings. The van der Waals surface area contributed by atoms with Gasteiger partial charge in [-0.3, -0.25) is 4.79 Å². The summed E-state index contributed by atoms with van der Waals surface area (Å²) in [6, 6.07) is 13.6. The molecule has 0 unspecified atom stereocenters. The fraction of sp³-hybridized carbons (Fsp3) is 0.235. The van der Waals surface area contributed by atoms with E-state index in [1.165, 1.54) is 0 Å². The van der Waals surface area contributed by atoms with Crippen molar-refractivity contribution in [2.24, 2.45) is 0 Å². The molecule has 0 atom stereocenters. The quantitative estimate of drug-likeness (QED) is 0.832. The van der Waals surface area contributed by atoms with E-state index in [4.69, 9.17) is 0 Å². The molecular formula is C17H19BrN2O. The van der Waals surface area contributed by atoms with E-state index in [2.05, 4.69) is 26.6 Å². The van der Waals surface area contributed by atoms with E-state index in [1.807, 2.05) is 63.2 Å². The van der Waals surface area contributed by atoms with Crippen LogP contribution in [0.4, 0.5) is 11.4 Å². The predicted molar refractivity (Wildman–Crippen MR) is 92.0 cm³/mol. The van der Waals surface area contributed by atoms with Crippen LogP contribution in [0.5, 0.6) is 0 Å². The second-order valence-electron chi connectivity index (χ2n) is 5.28. The van der Waals surface area contributed by atoms with Gasteiger partial charge in [-0.2, -0.15) is 0 Å². The zero-order chi connectivity index (χ0) is 15.4. The molecule has 21 heavy (non-hydrogen) atoms. The van der Waals surface area contributed by atoms with Gasteiger partial charge in [-0.1, -0.05) is 18.2 Å². The highest BCUT2D eigenvalue weighted by molar-refractivity contribution is 9.10. The van der Waals surface area contributed by atoms with Gasteiger partial charge >= 0.3 is 0 Å². The zero-order valence-corrected chi connectivity index (χ0v) is 14.0. The highest BCUT2D eigenvalue weighted by Crippen LogP contribution is 2.25. The lowest BCUT2D eigenvalue weighted by Crippen LogP contribution is -2.17. The molecule has 110 valence electrons. The number of para-hydroxylation sites is 1. The van der Waals surface area contributed by atoms with Gasteiger partial charge in [0, 0.05) is 16.2 Å². The van der Waals surface area contributed by atoms with E-state index in [0.717, 1.165) is 21.4 Å². The van der Waals surface area contributed by atoms with E-state index in [1.54, 1.807) is 0 Å². The molecule has 2 aromatic carbocycles. The van der Waals surface area contributed by atoms with Crippen molar-refractivity contribution in [2.75, 3.05) is 10.6 Å². The smallest absolute Gasteiger partial charge is 0.257 e. The van der Waals surface area contributed by atoms with Gasteiger partial charge in [-0.15, -0.1) is 0 Å². The van der Waals surface area contributed by atoms with Crippen LogP contribution >= 0.6 is 15.9 Å². The first-order valence-corrected chi connectivity index (χ1v) is 7.69. The maximum Gasteiger partial charge on any atom is 0.257 e. The minimum Gasteiger partial charge on any atom is -0.382 e. The third kappa shape index (κ3) is 4.08. The SMILES string of the molecule is Cc1ccc(NC(=O)c2ccccc2NC(C)C)c(Br)c1. The summed E-state index contributed by atoms with van der Waals surface area (Å²) in [7, 11) is 0. The summed E-state index contributed by atoms with van der Waals surface area (Å²) < 4.78 is 0.880. The molecule has 0 bridgehead atoms. The minimum absolute atomic E-state index is 0.122. The van der Waals surface area contributed by atoms with Crippen molar-refractivity contribution < 1.29 is 4.79 Å². The molecule has 1 amide bonds. The van der Waals surface area contributed by atoms with Crippen molar-refractivity contribution in [3.05, 3.63) is 58.1 Å². The normalized spacial score (nSPS) is 10.5. The Morgan fingerprint density at radius 3 is 2.48 bits per heavy atom. The Bertz CT molecular complexity index is 653. The van der Waals surface area contributed by atoms with Crippen LogP contribution in [0.1, 0.15) is 29.8 Å². The highest BCUT2D eigenvalue weighted by atomic mass is 79.9. The van der Waals surface area contributed by atoms with Crippen molar-refractivity contribution >= 4 is 33.2 Å². The largest absolute Gasteiger partial charge is 0.382 e. The standard InChI is InChI=1S/C17H19BrN2O/c1-11(2)19-15-7-5-4-6-13(15)17(21)20-16-9-8-12(3)10-14(16)18/h4-11,19H,1-3H3,(H,20,21). The fourth-order valence-corrected chi connectivity index (χ4v) is 2.62. The average Bonchev–Trinajstić information content (AvgIpc) is 2.42. The molecule has 0 heterocycles. The van der Waals surface area contributed by atoms with Gasteiger partial charge in [-0.25, -0.2) is 0 Å². The Labute approximate surface area is 133 Å². The molecule has 0 spiro atoms. The highest BCUT2D eigenvalue weighted by Gasteiger charge is 2.13. The monoisotopic (exact) mass is 346 g/mol. The zero-order valence-electron chi connectivity index (χ0n) is 12.4. The summed E-state index contributed by atoms with van der Waals surface area (Å²) in [5, 5.41) is 6.23. The van der Waals surface area contributed by atoms with Gasteiger partial charge in [-0.05, 0) is 66.5 Å². The van der Waals surface area contributed by atoms with Crippen LogP contribution in [0.25, 0.3) is 0 Å². The number of carbonyl (C=O) groups is 1. The third-order valence-electron chi connectivity index (χ3n) is 2.99. The van der Waals surface area contributed by atoms with Crippen LogP contribution in [0.3, 0.4) is 0 Å². The van der Waals surface area contributed by atoms with Gasteiger partial charge in [0.1, 0.15) is 0 Å². The number of benzene rings is 2. The Kier molecular flexibility index (Phi) is 5.02. The average molecular weight is 347 g/mol. The van der Waals surface area contributed by atoms with Gasteiger partial charge < -0.3 is 10.6 Å². The molecule has 0 aliphatic heterocycles. The van der Waals surface area contributed by atoms with Crippen LogP contribution in [0.15, 0.2) is 46.9 Å². The Morgan fingerprint density at radius 1 is 1.10 bits per heavy atom. The van der Waals surface area contributed by atoms with Crippen molar-refractivity contribution in [1.29, 1.82) is 0 Å². The Balaban J connectivity index is 2.24. The Hall–Kier alpha value is -1.81. The maximum atomic E-state index is 12.5. The minimum atomic E-state index is -0.122. The first-order valence-electron chi connectivity index (χ1n) is 6.90. The van der Waals surface area contributed by atoms with E-state index in [-0.39, 0.29) is 11.9 Å². The summed E-state index contributed by atoms with van der Waals surface area (Å²) in [4.78, 5) is 12.5. The summed E-state index contributed by atoms with van der Waals surface area (Å²) in [5.41, 5.74) is 3.39. The van der Waals surface area contributed by atoms with E-state index < -0.39 is 0 Å². The molecule has 0 saturated carbocycles. The van der Waals surface area contributed by atoms with E-state index in [0.29, 0.717) is 5.56 Å². The molecule has 4 heteroatoms. The number of hydrogen-bond acceptors (Lipinski definition) is 2. The van der Waals surface area contributed by atoms with Crippen molar-refractivity contribution in [2.45, 2.75) is 26.8 Å². The molecule has 0 saturated heterocycles. The molecule has 0 radical (unpaired) electrons. The number of carbonyl (C=O) groups excluding carboxylic acids is 1. The number of rotatable bonds is 4. The van der Waals surface area contributed by atoms with Gasteiger partial charge in [0.05, 0.1) is 11.3 Å². The Morgan fingerprint density at radius 2 is 1.81 bits per heavy atom. The summed E-state index contributed by atoms with van der Waals surface area (Å²) in [5.74, 6) is -0.122. The second kappa shape index (κ2) is 6.76. The van der Waals surface area contributed by atoms with Crippen molar-refractivity contribution in [3.8, 4) is 0 Å².